The van der Waals surface area contributed by atoms with Gasteiger partial charge in [-0.15, -0.1) is 11.3 Å². The number of esters is 1. The maximum Gasteiger partial charge on any atom is 0.310 e. The van der Waals surface area contributed by atoms with Crippen LogP contribution in [-0.2, 0) is 14.0 Å². The molecule has 1 aromatic heterocycles. The van der Waals surface area contributed by atoms with Gasteiger partial charge in [-0.1, -0.05) is 20.8 Å². The molecule has 4 rings (SSSR count). The van der Waals surface area contributed by atoms with E-state index < -0.39 is 8.32 Å². The Kier molecular flexibility index (Phi) is 6.31. The third-order valence-corrected chi connectivity index (χ3v) is 12.9. The van der Waals surface area contributed by atoms with Gasteiger partial charge in [-0.05, 0) is 52.8 Å². The summed E-state index contributed by atoms with van der Waals surface area (Å²) in [4.78, 5) is 14.3. The first-order valence-corrected chi connectivity index (χ1v) is 15.0. The number of cyclic esters (lactones) is 1. The smallest absolute Gasteiger partial charge is 0.310 e. The highest BCUT2D eigenvalue weighted by Gasteiger charge is 2.55. The molecule has 4 atom stereocenters. The molecule has 2 aliphatic rings. The molecule has 0 radical (unpaired) electrons. The van der Waals surface area contributed by atoms with E-state index in [-0.39, 0.29) is 34.9 Å². The summed E-state index contributed by atoms with van der Waals surface area (Å²) in [5.74, 6) is 0.984. The van der Waals surface area contributed by atoms with Gasteiger partial charge in [0.2, 0.25) is 5.75 Å². The Labute approximate surface area is 201 Å². The van der Waals surface area contributed by atoms with E-state index in [1.807, 2.05) is 12.1 Å². The average Bonchev–Trinajstić information content (AvgIpc) is 3.39. The van der Waals surface area contributed by atoms with Gasteiger partial charge in [0.25, 0.3) is 0 Å². The van der Waals surface area contributed by atoms with Crippen molar-refractivity contribution in [3.63, 3.8) is 0 Å². The minimum atomic E-state index is -2.08. The predicted molar refractivity (Wildman–Crippen MR) is 131 cm³/mol. The quantitative estimate of drug-likeness (QED) is 0.378. The fourth-order valence-electron chi connectivity index (χ4n) is 4.72. The predicted octanol–water partition coefficient (Wildman–Crippen LogP) is 5.77. The third kappa shape index (κ3) is 3.96. The van der Waals surface area contributed by atoms with E-state index in [0.717, 1.165) is 11.1 Å². The zero-order chi connectivity index (χ0) is 24.1. The minimum absolute atomic E-state index is 0.0399. The fraction of sp³-hybridized carbons (Fsp3) is 0.560. The molecule has 1 aliphatic carbocycles. The van der Waals surface area contributed by atoms with Gasteiger partial charge in [0.15, 0.2) is 19.8 Å². The number of rotatable bonds is 6. The van der Waals surface area contributed by atoms with Crippen LogP contribution in [0.3, 0.4) is 0 Å². The zero-order valence-corrected chi connectivity index (χ0v) is 22.5. The van der Waals surface area contributed by atoms with Crippen molar-refractivity contribution in [2.24, 2.45) is 11.8 Å². The zero-order valence-electron chi connectivity index (χ0n) is 20.7. The number of ether oxygens (including phenoxy) is 4. The molecule has 0 N–H and O–H groups in total. The Balaban J connectivity index is 1.85. The van der Waals surface area contributed by atoms with Crippen LogP contribution in [0.5, 0.6) is 17.2 Å². The van der Waals surface area contributed by atoms with Crippen molar-refractivity contribution >= 4 is 25.6 Å². The van der Waals surface area contributed by atoms with Gasteiger partial charge in [-0.2, -0.15) is 0 Å². The number of methoxy groups -OCH3 is 3. The summed E-state index contributed by atoms with van der Waals surface area (Å²) < 4.78 is 29.3. The van der Waals surface area contributed by atoms with Crippen LogP contribution in [0.15, 0.2) is 23.6 Å². The number of benzene rings is 1. The first kappa shape index (κ1) is 24.1. The molecule has 1 saturated heterocycles. The molecule has 180 valence electrons. The molecule has 0 bridgehead atoms. The second kappa shape index (κ2) is 8.63. The van der Waals surface area contributed by atoms with E-state index in [0.29, 0.717) is 23.9 Å². The van der Waals surface area contributed by atoms with E-state index in [2.05, 4.69) is 45.3 Å². The lowest BCUT2D eigenvalue weighted by molar-refractivity contribution is -0.141. The molecular formula is C25H34O6SSi. The van der Waals surface area contributed by atoms with Gasteiger partial charge < -0.3 is 23.4 Å². The summed E-state index contributed by atoms with van der Waals surface area (Å²) in [6, 6.07) is 6.02. The van der Waals surface area contributed by atoms with Gasteiger partial charge >= 0.3 is 5.97 Å². The molecule has 0 unspecified atom stereocenters. The van der Waals surface area contributed by atoms with Gasteiger partial charge in [0.1, 0.15) is 0 Å². The standard InChI is InChI=1S/C25H34O6SSi/c1-25(2,3)33(7,8)31-21-16-13-30-24(26)20(16)19(15-9-10-32-23(15)21)14-11-17(27-4)22(29-6)18(12-14)28-5/h9-12,16,19-21H,13H2,1-8H3/t16-,19+,20+,21+/m0/s1. The normalized spacial score (nSPS) is 24.7. The molecule has 8 heteroatoms. The van der Waals surface area contributed by atoms with Crippen LogP contribution < -0.4 is 14.2 Å². The van der Waals surface area contributed by atoms with Crippen LogP contribution in [0.1, 0.15) is 48.8 Å². The summed E-state index contributed by atoms with van der Waals surface area (Å²) >= 11 is 1.70. The van der Waals surface area contributed by atoms with E-state index in [9.17, 15) is 4.79 Å². The SMILES string of the molecule is COc1cc([C@@H]2c3ccsc3[C@H](O[Si](C)(C)C(C)(C)C)[C@H]3COC(=O)[C@@H]23)cc(OC)c1OC. The van der Waals surface area contributed by atoms with Crippen LogP contribution in [0, 0.1) is 11.8 Å². The molecular weight excluding hydrogens is 456 g/mol. The number of thiophene rings is 1. The monoisotopic (exact) mass is 490 g/mol. The van der Waals surface area contributed by atoms with E-state index in [1.165, 1.54) is 4.88 Å². The van der Waals surface area contributed by atoms with Gasteiger partial charge in [-0.25, -0.2) is 0 Å². The van der Waals surface area contributed by atoms with Crippen LogP contribution in [0.4, 0.5) is 0 Å². The lowest BCUT2D eigenvalue weighted by Gasteiger charge is -2.44. The van der Waals surface area contributed by atoms with Crippen molar-refractivity contribution in [2.45, 2.75) is 50.9 Å². The third-order valence-electron chi connectivity index (χ3n) is 7.49. The number of carbonyl (C=O) groups excluding carboxylic acids is 1. The van der Waals surface area contributed by atoms with Gasteiger partial charge in [0, 0.05) is 16.7 Å². The minimum Gasteiger partial charge on any atom is -0.493 e. The van der Waals surface area contributed by atoms with Crippen LogP contribution in [-0.4, -0.2) is 42.2 Å². The summed E-state index contributed by atoms with van der Waals surface area (Å²) in [5, 5.41) is 2.17. The Hall–Kier alpha value is -2.03. The first-order chi connectivity index (χ1) is 15.5. The van der Waals surface area contributed by atoms with Crippen LogP contribution >= 0.6 is 11.3 Å². The topological polar surface area (TPSA) is 63.2 Å². The van der Waals surface area contributed by atoms with E-state index in [1.54, 1.807) is 32.7 Å². The van der Waals surface area contributed by atoms with E-state index in [4.69, 9.17) is 23.4 Å². The molecule has 2 heterocycles. The lowest BCUT2D eigenvalue weighted by atomic mass is 9.69. The highest BCUT2D eigenvalue weighted by atomic mass is 32.1. The molecule has 0 spiro atoms. The van der Waals surface area contributed by atoms with Crippen LogP contribution in [0.25, 0.3) is 0 Å². The first-order valence-electron chi connectivity index (χ1n) is 11.3. The van der Waals surface area contributed by atoms with Gasteiger partial charge in [0.05, 0.1) is 40.0 Å². The van der Waals surface area contributed by atoms with E-state index >= 15 is 0 Å². The molecule has 2 aromatic rings. The van der Waals surface area contributed by atoms with Crippen molar-refractivity contribution in [1.29, 1.82) is 0 Å². The summed E-state index contributed by atoms with van der Waals surface area (Å²) in [6.45, 7) is 11.6. The summed E-state index contributed by atoms with van der Waals surface area (Å²) in [6.07, 6.45) is -0.143. The Morgan fingerprint density at radius 1 is 1.06 bits per heavy atom. The maximum atomic E-state index is 13.1. The number of hydrogen-bond donors (Lipinski definition) is 0. The number of carbonyl (C=O) groups is 1. The van der Waals surface area contributed by atoms with Crippen molar-refractivity contribution in [3.8, 4) is 17.2 Å². The molecule has 0 amide bonds. The molecule has 1 aromatic carbocycles. The highest BCUT2D eigenvalue weighted by molar-refractivity contribution is 7.10. The second-order valence-corrected chi connectivity index (χ2v) is 16.0. The molecule has 0 saturated carbocycles. The van der Waals surface area contributed by atoms with Crippen LogP contribution in [0.2, 0.25) is 18.1 Å². The van der Waals surface area contributed by atoms with Crippen molar-refractivity contribution in [3.05, 3.63) is 39.6 Å². The Bertz CT molecular complexity index is 1010. The van der Waals surface area contributed by atoms with Gasteiger partial charge in [-0.3, -0.25) is 4.79 Å². The highest BCUT2D eigenvalue weighted by Crippen LogP contribution is 2.57. The molecule has 33 heavy (non-hydrogen) atoms. The maximum absolute atomic E-state index is 13.1. The second-order valence-electron chi connectivity index (χ2n) is 10.3. The van der Waals surface area contributed by atoms with Crippen molar-refractivity contribution in [1.82, 2.24) is 0 Å². The lowest BCUT2D eigenvalue weighted by Crippen LogP contribution is -2.45. The fourth-order valence-corrected chi connectivity index (χ4v) is 7.14. The summed E-state index contributed by atoms with van der Waals surface area (Å²) in [5.41, 5.74) is 2.07. The Morgan fingerprint density at radius 3 is 2.24 bits per heavy atom. The largest absolute Gasteiger partial charge is 0.493 e. The number of fused-ring (bicyclic) bond motifs is 2. The number of hydrogen-bond acceptors (Lipinski definition) is 7. The molecule has 1 fully saturated rings. The Morgan fingerprint density at radius 2 is 1.70 bits per heavy atom. The summed E-state index contributed by atoms with van der Waals surface area (Å²) in [7, 11) is 2.72. The molecule has 6 nitrogen and oxygen atoms in total. The van der Waals surface area contributed by atoms with Crippen molar-refractivity contribution in [2.75, 3.05) is 27.9 Å². The molecule has 1 aliphatic heterocycles. The average molecular weight is 491 g/mol. The van der Waals surface area contributed by atoms with Crippen molar-refractivity contribution < 1.29 is 28.2 Å².